The van der Waals surface area contributed by atoms with E-state index in [9.17, 15) is 9.59 Å². The van der Waals surface area contributed by atoms with Gasteiger partial charge in [0.05, 0.1) is 28.6 Å². The highest BCUT2D eigenvalue weighted by Crippen LogP contribution is 2.52. The molecule has 4 aliphatic heterocycles. The van der Waals surface area contributed by atoms with Crippen LogP contribution in [0, 0.1) is 18.2 Å². The van der Waals surface area contributed by atoms with E-state index in [-0.39, 0.29) is 46.9 Å². The van der Waals surface area contributed by atoms with Crippen molar-refractivity contribution in [3.05, 3.63) is 65.2 Å². The Balaban J connectivity index is 1.08. The van der Waals surface area contributed by atoms with Gasteiger partial charge in [0.25, 0.3) is 5.91 Å². The first-order chi connectivity index (χ1) is 29.3. The summed E-state index contributed by atoms with van der Waals surface area (Å²) in [5, 5.41) is 9.60. The summed E-state index contributed by atoms with van der Waals surface area (Å²) in [6, 6.07) is 11.8. The Morgan fingerprint density at radius 1 is 0.918 bits per heavy atom. The van der Waals surface area contributed by atoms with Crippen LogP contribution in [-0.4, -0.2) is 99.5 Å². The van der Waals surface area contributed by atoms with Crippen LogP contribution in [-0.2, 0) is 15.0 Å². The van der Waals surface area contributed by atoms with Gasteiger partial charge in [0, 0.05) is 59.5 Å². The summed E-state index contributed by atoms with van der Waals surface area (Å²) in [5.74, 6) is 0.0376. The number of carbonyl (C=O) groups is 3. The van der Waals surface area contributed by atoms with Gasteiger partial charge in [-0.3, -0.25) is 14.4 Å². The number of carbonyl (C=O) groups excluding carboxylic acids is 3. The van der Waals surface area contributed by atoms with Crippen LogP contribution >= 0.6 is 0 Å². The van der Waals surface area contributed by atoms with Crippen LogP contribution in [0.3, 0.4) is 0 Å². The minimum atomic E-state index is -0.696. The fourth-order valence-corrected chi connectivity index (χ4v) is 10.8. The number of benzene rings is 2. The Hall–Kier alpha value is -4.88. The lowest BCUT2D eigenvalue weighted by Crippen LogP contribution is -2.59. The Labute approximate surface area is 359 Å². The van der Waals surface area contributed by atoms with Crippen molar-refractivity contribution in [2.45, 2.75) is 129 Å². The molecule has 3 saturated heterocycles. The van der Waals surface area contributed by atoms with Crippen molar-refractivity contribution < 1.29 is 18.8 Å². The molecule has 5 aliphatic rings. The number of hydrogen-bond acceptors (Lipinski definition) is 8. The summed E-state index contributed by atoms with van der Waals surface area (Å²) in [7, 11) is 0. The summed E-state index contributed by atoms with van der Waals surface area (Å²) in [6.45, 7) is 16.8. The Kier molecular flexibility index (Phi) is 10.9. The summed E-state index contributed by atoms with van der Waals surface area (Å²) < 4.78 is 17.8. The number of hydrogen-bond donors (Lipinski definition) is 3. The third kappa shape index (κ3) is 7.39. The lowest BCUT2D eigenvalue weighted by molar-refractivity contribution is -0.145. The smallest absolute Gasteiger partial charge is 0.251 e. The fraction of sp³-hybridized carbons (Fsp3) is 0.562. The minimum Gasteiger partial charge on any atom is -0.350 e. The maximum Gasteiger partial charge on any atom is 0.251 e. The molecule has 1 spiro atoms. The molecule has 3 amide bonds. The van der Waals surface area contributed by atoms with E-state index in [1.807, 2.05) is 29.4 Å². The molecule has 6 heterocycles. The molecule has 0 bridgehead atoms. The molecule has 4 fully saturated rings. The molecule has 1 saturated carbocycles. The zero-order chi connectivity index (χ0) is 42.8. The van der Waals surface area contributed by atoms with Gasteiger partial charge in [-0.25, -0.2) is 14.4 Å². The van der Waals surface area contributed by atoms with Gasteiger partial charge in [0.1, 0.15) is 11.3 Å². The molecule has 61 heavy (non-hydrogen) atoms. The fourth-order valence-electron chi connectivity index (χ4n) is 10.8. The Morgan fingerprint density at radius 2 is 1.64 bits per heavy atom. The third-order valence-electron chi connectivity index (χ3n) is 14.5. The Bertz CT molecular complexity index is 2350. The number of aryl methyl sites for hydroxylation is 1. The molecule has 2 aromatic heterocycles. The van der Waals surface area contributed by atoms with E-state index < -0.39 is 11.2 Å². The molecular formula is C48H62FN9O3. The van der Waals surface area contributed by atoms with Crippen LogP contribution in [0.15, 0.2) is 42.7 Å². The van der Waals surface area contributed by atoms with E-state index in [0.717, 1.165) is 74.2 Å². The predicted octanol–water partition coefficient (Wildman–Crippen LogP) is 7.62. The number of pyridine rings is 1. The standard InChI is InChI=1S/C48H62FN9O3/c1-29(2)52-44(59)35-26-39(37(49)22-31(35)5)54-43-42-40(51-28-57(42)30(3)4)27-38(53-43)32-10-11-36-41(23-32)58(34-24-33(25-34)55-18-8-7-9-19-55)46(61)48(36)14-20-56(21-15-48)45(60)47(6)12-16-50-17-13-47/h10-11,22-23,26-30,33-34,50H,7-9,12-21,24-25H2,1-6H3,(H,52,59)(H,53,54). The molecule has 3 N–H and O–H groups in total. The van der Waals surface area contributed by atoms with E-state index in [1.165, 1.54) is 25.3 Å². The van der Waals surface area contributed by atoms with Gasteiger partial charge in [-0.05, 0) is 148 Å². The number of nitrogens with one attached hydrogen (secondary N) is 3. The molecule has 0 radical (unpaired) electrons. The molecule has 0 unspecified atom stereocenters. The largest absolute Gasteiger partial charge is 0.350 e. The van der Waals surface area contributed by atoms with Gasteiger partial charge in [-0.15, -0.1) is 0 Å². The normalized spacial score (nSPS) is 22.5. The molecular weight excluding hydrogens is 770 g/mol. The van der Waals surface area contributed by atoms with Crippen LogP contribution in [0.4, 0.5) is 21.6 Å². The lowest BCUT2D eigenvalue weighted by Gasteiger charge is -2.48. The number of anilines is 3. The molecule has 0 atom stereocenters. The van der Waals surface area contributed by atoms with Crippen molar-refractivity contribution in [2.24, 2.45) is 5.41 Å². The van der Waals surface area contributed by atoms with Gasteiger partial charge in [-0.1, -0.05) is 25.5 Å². The van der Waals surface area contributed by atoms with E-state index in [2.05, 4.69) is 64.7 Å². The second-order valence-corrected chi connectivity index (χ2v) is 19.3. The van der Waals surface area contributed by atoms with Crippen molar-refractivity contribution >= 4 is 45.9 Å². The first-order valence-corrected chi connectivity index (χ1v) is 22.7. The van der Waals surface area contributed by atoms with E-state index >= 15 is 9.18 Å². The number of aromatic nitrogens is 3. The quantitative estimate of drug-likeness (QED) is 0.157. The first-order valence-electron chi connectivity index (χ1n) is 22.7. The van der Waals surface area contributed by atoms with Crippen LogP contribution < -0.4 is 20.9 Å². The number of fused-ring (bicyclic) bond motifs is 3. The van der Waals surface area contributed by atoms with Crippen molar-refractivity contribution in [1.82, 2.24) is 35.0 Å². The predicted molar refractivity (Wildman–Crippen MR) is 238 cm³/mol. The van der Waals surface area contributed by atoms with Gasteiger partial charge < -0.3 is 35.2 Å². The second kappa shape index (κ2) is 16.1. The van der Waals surface area contributed by atoms with E-state index in [4.69, 9.17) is 9.97 Å². The molecule has 13 heteroatoms. The molecule has 4 aromatic rings. The third-order valence-corrected chi connectivity index (χ3v) is 14.5. The first kappa shape index (κ1) is 41.5. The average molecular weight is 832 g/mol. The molecule has 9 rings (SSSR count). The number of amides is 3. The molecule has 2 aromatic carbocycles. The van der Waals surface area contributed by atoms with Crippen LogP contribution in [0.25, 0.3) is 22.3 Å². The van der Waals surface area contributed by atoms with Crippen molar-refractivity contribution in [1.29, 1.82) is 0 Å². The molecule has 324 valence electrons. The van der Waals surface area contributed by atoms with Gasteiger partial charge in [0.15, 0.2) is 5.82 Å². The number of halogens is 1. The van der Waals surface area contributed by atoms with Crippen LogP contribution in [0.1, 0.15) is 120 Å². The molecule has 12 nitrogen and oxygen atoms in total. The number of rotatable bonds is 9. The highest BCUT2D eigenvalue weighted by molar-refractivity contribution is 6.09. The number of nitrogens with zero attached hydrogens (tertiary/aromatic N) is 6. The Morgan fingerprint density at radius 3 is 2.33 bits per heavy atom. The summed E-state index contributed by atoms with van der Waals surface area (Å²) >= 11 is 0. The highest BCUT2D eigenvalue weighted by atomic mass is 19.1. The average Bonchev–Trinajstić information content (AvgIpc) is 3.76. The maximum absolute atomic E-state index is 15.8. The van der Waals surface area contributed by atoms with E-state index in [0.29, 0.717) is 60.1 Å². The lowest BCUT2D eigenvalue weighted by atomic mass is 9.72. The number of likely N-dealkylation sites (tertiary alicyclic amines) is 2. The summed E-state index contributed by atoms with van der Waals surface area (Å²) in [5.41, 5.74) is 4.86. The van der Waals surface area contributed by atoms with Crippen molar-refractivity contribution in [2.75, 3.05) is 49.5 Å². The highest BCUT2D eigenvalue weighted by Gasteiger charge is 2.56. The number of imidazole rings is 1. The van der Waals surface area contributed by atoms with Crippen molar-refractivity contribution in [3.8, 4) is 11.3 Å². The van der Waals surface area contributed by atoms with Gasteiger partial charge in [-0.2, -0.15) is 0 Å². The monoisotopic (exact) mass is 831 g/mol. The van der Waals surface area contributed by atoms with Gasteiger partial charge >= 0.3 is 0 Å². The van der Waals surface area contributed by atoms with Crippen molar-refractivity contribution in [3.63, 3.8) is 0 Å². The van der Waals surface area contributed by atoms with Crippen LogP contribution in [0.5, 0.6) is 0 Å². The van der Waals surface area contributed by atoms with Crippen LogP contribution in [0.2, 0.25) is 0 Å². The maximum atomic E-state index is 15.8. The SMILES string of the molecule is Cc1cc(F)c(Nc2nc(-c3ccc4c(c3)N(C3CC(N5CCCCC5)C3)C(=O)C43CCN(C(=O)C4(C)CCNCC4)CC3)cc3ncn(C(C)C)c23)cc1C(=O)NC(C)C. The van der Waals surface area contributed by atoms with E-state index in [1.54, 1.807) is 19.3 Å². The zero-order valence-electron chi connectivity index (χ0n) is 36.7. The minimum absolute atomic E-state index is 0.0460. The topological polar surface area (TPSA) is 128 Å². The second-order valence-electron chi connectivity index (χ2n) is 19.3. The number of piperidine rings is 3. The zero-order valence-corrected chi connectivity index (χ0v) is 36.7. The summed E-state index contributed by atoms with van der Waals surface area (Å²) in [6.07, 6.45) is 10.3. The molecule has 1 aliphatic carbocycles. The van der Waals surface area contributed by atoms with Gasteiger partial charge in [0.2, 0.25) is 11.8 Å². The summed E-state index contributed by atoms with van der Waals surface area (Å²) in [4.78, 5) is 59.0.